The second-order valence-corrected chi connectivity index (χ2v) is 5.98. The number of rotatable bonds is 2. The predicted molar refractivity (Wildman–Crippen MR) is 83.6 cm³/mol. The lowest BCUT2D eigenvalue weighted by atomic mass is 9.90. The molecule has 1 fully saturated rings. The van der Waals surface area contributed by atoms with Crippen LogP contribution in [0.15, 0.2) is 30.3 Å². The predicted octanol–water partition coefficient (Wildman–Crippen LogP) is 3.64. The second kappa shape index (κ2) is 5.06. The Morgan fingerprint density at radius 2 is 2.09 bits per heavy atom. The standard InChI is InChI=1S/C18H20O4/c1-2-20-14-11-15-17(13-8-4-3-7-12(13)14)21-16-9-5-6-10-18(16,19)22-15/h3-4,7-8,11,16,19H,2,5-6,9-10H2,1H3/t16-,18+/m1/s1. The molecule has 2 aliphatic rings. The quantitative estimate of drug-likeness (QED) is 0.920. The maximum absolute atomic E-state index is 10.7. The summed E-state index contributed by atoms with van der Waals surface area (Å²) >= 11 is 0. The van der Waals surface area contributed by atoms with E-state index in [1.165, 1.54) is 0 Å². The first-order valence-corrected chi connectivity index (χ1v) is 7.98. The molecule has 2 aromatic carbocycles. The Kier molecular flexibility index (Phi) is 3.15. The minimum atomic E-state index is -1.21. The van der Waals surface area contributed by atoms with Crippen molar-refractivity contribution in [2.75, 3.05) is 6.61 Å². The molecule has 4 rings (SSSR count). The molecule has 0 radical (unpaired) electrons. The van der Waals surface area contributed by atoms with E-state index in [9.17, 15) is 5.11 Å². The summed E-state index contributed by atoms with van der Waals surface area (Å²) in [6.45, 7) is 2.53. The molecule has 1 saturated carbocycles. The fourth-order valence-electron chi connectivity index (χ4n) is 3.46. The number of hydrogen-bond donors (Lipinski definition) is 1. The van der Waals surface area contributed by atoms with Crippen LogP contribution in [-0.2, 0) is 0 Å². The van der Waals surface area contributed by atoms with Crippen molar-refractivity contribution in [3.05, 3.63) is 30.3 Å². The molecule has 1 heterocycles. The van der Waals surface area contributed by atoms with Crippen molar-refractivity contribution < 1.29 is 19.3 Å². The summed E-state index contributed by atoms with van der Waals surface area (Å²) in [7, 11) is 0. The Morgan fingerprint density at radius 3 is 2.91 bits per heavy atom. The number of benzene rings is 2. The third-order valence-corrected chi connectivity index (χ3v) is 4.52. The molecule has 2 atom stereocenters. The molecule has 0 saturated heterocycles. The van der Waals surface area contributed by atoms with Crippen molar-refractivity contribution >= 4 is 10.8 Å². The number of aliphatic hydroxyl groups is 1. The van der Waals surface area contributed by atoms with Crippen LogP contribution >= 0.6 is 0 Å². The first-order valence-electron chi connectivity index (χ1n) is 7.98. The van der Waals surface area contributed by atoms with Crippen LogP contribution in [0.4, 0.5) is 0 Å². The van der Waals surface area contributed by atoms with E-state index in [-0.39, 0.29) is 6.10 Å². The van der Waals surface area contributed by atoms with Gasteiger partial charge in [-0.05, 0) is 26.2 Å². The van der Waals surface area contributed by atoms with E-state index in [0.29, 0.717) is 18.8 Å². The molecule has 0 amide bonds. The van der Waals surface area contributed by atoms with Gasteiger partial charge in [0, 0.05) is 23.3 Å². The van der Waals surface area contributed by atoms with Gasteiger partial charge in [0.1, 0.15) is 5.75 Å². The van der Waals surface area contributed by atoms with Crippen LogP contribution in [0.25, 0.3) is 10.8 Å². The molecule has 1 aliphatic heterocycles. The molecule has 2 aromatic rings. The molecule has 0 unspecified atom stereocenters. The summed E-state index contributed by atoms with van der Waals surface area (Å²) in [6.07, 6.45) is 3.14. The fraction of sp³-hybridized carbons (Fsp3) is 0.444. The van der Waals surface area contributed by atoms with E-state index in [1.54, 1.807) is 0 Å². The molecule has 4 nitrogen and oxygen atoms in total. The van der Waals surface area contributed by atoms with Gasteiger partial charge < -0.3 is 19.3 Å². The van der Waals surface area contributed by atoms with E-state index >= 15 is 0 Å². The molecule has 1 N–H and O–H groups in total. The van der Waals surface area contributed by atoms with Gasteiger partial charge in [0.15, 0.2) is 17.6 Å². The highest BCUT2D eigenvalue weighted by Gasteiger charge is 2.47. The molecular weight excluding hydrogens is 280 g/mol. The third kappa shape index (κ3) is 2.02. The van der Waals surface area contributed by atoms with E-state index in [2.05, 4.69) is 0 Å². The van der Waals surface area contributed by atoms with Crippen molar-refractivity contribution in [3.63, 3.8) is 0 Å². The van der Waals surface area contributed by atoms with Crippen LogP contribution in [0.1, 0.15) is 32.6 Å². The first-order chi connectivity index (χ1) is 10.7. The zero-order valence-electron chi connectivity index (χ0n) is 12.7. The van der Waals surface area contributed by atoms with Gasteiger partial charge in [0.05, 0.1) is 6.61 Å². The monoisotopic (exact) mass is 300 g/mol. The summed E-state index contributed by atoms with van der Waals surface area (Å²) in [6, 6.07) is 9.82. The van der Waals surface area contributed by atoms with Gasteiger partial charge >= 0.3 is 0 Å². The van der Waals surface area contributed by atoms with Crippen LogP contribution in [0.3, 0.4) is 0 Å². The Bertz CT molecular complexity index is 712. The van der Waals surface area contributed by atoms with E-state index in [1.807, 2.05) is 37.3 Å². The summed E-state index contributed by atoms with van der Waals surface area (Å²) < 4.78 is 17.9. The van der Waals surface area contributed by atoms with Gasteiger partial charge in [-0.1, -0.05) is 24.3 Å². The van der Waals surface area contributed by atoms with E-state index in [4.69, 9.17) is 14.2 Å². The van der Waals surface area contributed by atoms with Gasteiger partial charge in [0.2, 0.25) is 5.79 Å². The molecule has 116 valence electrons. The highest BCUT2D eigenvalue weighted by molar-refractivity contribution is 5.95. The summed E-state index contributed by atoms with van der Waals surface area (Å²) in [4.78, 5) is 0. The van der Waals surface area contributed by atoms with Crippen LogP contribution in [-0.4, -0.2) is 23.6 Å². The zero-order chi connectivity index (χ0) is 15.2. The van der Waals surface area contributed by atoms with Crippen LogP contribution < -0.4 is 14.2 Å². The van der Waals surface area contributed by atoms with E-state index in [0.717, 1.165) is 41.5 Å². The number of fused-ring (bicyclic) bond motifs is 4. The molecule has 4 heteroatoms. The van der Waals surface area contributed by atoms with Gasteiger partial charge in [-0.2, -0.15) is 0 Å². The second-order valence-electron chi connectivity index (χ2n) is 5.98. The zero-order valence-corrected chi connectivity index (χ0v) is 12.7. The highest BCUT2D eigenvalue weighted by Crippen LogP contribution is 2.49. The Morgan fingerprint density at radius 1 is 1.27 bits per heavy atom. The van der Waals surface area contributed by atoms with Crippen molar-refractivity contribution in [2.24, 2.45) is 0 Å². The Hall–Kier alpha value is -1.94. The minimum absolute atomic E-state index is 0.296. The smallest absolute Gasteiger partial charge is 0.245 e. The first kappa shape index (κ1) is 13.7. The van der Waals surface area contributed by atoms with Gasteiger partial charge in [-0.3, -0.25) is 0 Å². The minimum Gasteiger partial charge on any atom is -0.493 e. The fourth-order valence-corrected chi connectivity index (χ4v) is 3.46. The lowest BCUT2D eigenvalue weighted by Crippen LogP contribution is -2.54. The van der Waals surface area contributed by atoms with Crippen LogP contribution in [0, 0.1) is 0 Å². The average molecular weight is 300 g/mol. The normalized spacial score (nSPS) is 26.5. The van der Waals surface area contributed by atoms with Gasteiger partial charge in [0.25, 0.3) is 0 Å². The maximum Gasteiger partial charge on any atom is 0.245 e. The third-order valence-electron chi connectivity index (χ3n) is 4.52. The highest BCUT2D eigenvalue weighted by atomic mass is 16.7. The van der Waals surface area contributed by atoms with Crippen LogP contribution in [0.2, 0.25) is 0 Å². The van der Waals surface area contributed by atoms with E-state index < -0.39 is 5.79 Å². The number of ether oxygens (including phenoxy) is 3. The summed E-state index contributed by atoms with van der Waals surface area (Å²) in [5.41, 5.74) is 0. The lowest BCUT2D eigenvalue weighted by Gasteiger charge is -2.43. The Labute approximate surface area is 129 Å². The molecule has 0 aromatic heterocycles. The summed E-state index contributed by atoms with van der Waals surface area (Å²) in [5, 5.41) is 12.7. The average Bonchev–Trinajstić information content (AvgIpc) is 2.53. The lowest BCUT2D eigenvalue weighted by molar-refractivity contribution is -0.228. The molecule has 1 aliphatic carbocycles. The topological polar surface area (TPSA) is 47.9 Å². The maximum atomic E-state index is 10.7. The van der Waals surface area contributed by atoms with Crippen molar-refractivity contribution in [1.82, 2.24) is 0 Å². The van der Waals surface area contributed by atoms with Crippen LogP contribution in [0.5, 0.6) is 17.2 Å². The SMILES string of the molecule is CCOc1cc2c(c3ccccc13)O[C@@H]1CCCC[C@]1(O)O2. The number of hydrogen-bond acceptors (Lipinski definition) is 4. The van der Waals surface area contributed by atoms with Crippen molar-refractivity contribution in [3.8, 4) is 17.2 Å². The Balaban J connectivity index is 1.88. The summed E-state index contributed by atoms with van der Waals surface area (Å²) in [5.74, 6) is 0.841. The molecular formula is C18H20O4. The van der Waals surface area contributed by atoms with Crippen molar-refractivity contribution in [2.45, 2.75) is 44.5 Å². The van der Waals surface area contributed by atoms with Gasteiger partial charge in [-0.25, -0.2) is 0 Å². The molecule has 22 heavy (non-hydrogen) atoms. The largest absolute Gasteiger partial charge is 0.493 e. The van der Waals surface area contributed by atoms with Gasteiger partial charge in [-0.15, -0.1) is 0 Å². The molecule has 0 spiro atoms. The van der Waals surface area contributed by atoms with Crippen molar-refractivity contribution in [1.29, 1.82) is 0 Å². The molecule has 0 bridgehead atoms.